The summed E-state index contributed by atoms with van der Waals surface area (Å²) in [6.07, 6.45) is 3.23. The minimum Gasteiger partial charge on any atom is -0.350 e. The molecule has 3 aromatic rings. The Labute approximate surface area is 177 Å². The third-order valence-corrected chi connectivity index (χ3v) is 5.00. The van der Waals surface area contributed by atoms with E-state index in [-0.39, 0.29) is 31.8 Å². The molecule has 1 N–H and O–H groups in total. The van der Waals surface area contributed by atoms with Crippen LogP contribution in [0.5, 0.6) is 0 Å². The van der Waals surface area contributed by atoms with Crippen LogP contribution in [-0.2, 0) is 17.8 Å². The minimum absolute atomic E-state index is 0.103. The van der Waals surface area contributed by atoms with Crippen molar-refractivity contribution in [1.82, 2.24) is 14.8 Å². The molecule has 1 aliphatic heterocycles. The molecule has 1 aliphatic rings. The van der Waals surface area contributed by atoms with E-state index in [2.05, 4.69) is 21.5 Å². The number of rotatable bonds is 6. The average molecular weight is 422 g/mol. The first-order chi connectivity index (χ1) is 14.9. The molecule has 7 nitrogen and oxygen atoms in total. The zero-order valence-electron chi connectivity index (χ0n) is 16.6. The van der Waals surface area contributed by atoms with Crippen LogP contribution in [0.2, 0.25) is 0 Å². The van der Waals surface area contributed by atoms with Gasteiger partial charge in [-0.3, -0.25) is 9.48 Å². The molecular formula is C22H20F2N6O. The van der Waals surface area contributed by atoms with E-state index >= 15 is 0 Å². The number of nitrogens with one attached hydrogen (secondary N) is 1. The lowest BCUT2D eigenvalue weighted by atomic mass is 10.1. The standard InChI is InChI=1S/C22H20F2N6O/c23-22(24)8-10-29(15-22)20-6-5-18(13-26-20)11-21(31)27-19-7-9-30(28-19)14-17-3-1-16(12-25)2-4-17/h1-7,9,13H,8,10-11,14-15H2,(H,27,28,31). The van der Waals surface area contributed by atoms with Crippen molar-refractivity contribution < 1.29 is 13.6 Å². The predicted octanol–water partition coefficient (Wildman–Crippen LogP) is 3.22. The predicted molar refractivity (Wildman–Crippen MR) is 111 cm³/mol. The highest BCUT2D eigenvalue weighted by Gasteiger charge is 2.38. The molecule has 9 heteroatoms. The van der Waals surface area contributed by atoms with Gasteiger partial charge in [-0.15, -0.1) is 0 Å². The Morgan fingerprint density at radius 2 is 1.94 bits per heavy atom. The number of amides is 1. The Bertz CT molecular complexity index is 1100. The van der Waals surface area contributed by atoms with Crippen LogP contribution < -0.4 is 10.2 Å². The van der Waals surface area contributed by atoms with Gasteiger partial charge >= 0.3 is 0 Å². The van der Waals surface area contributed by atoms with Crippen LogP contribution in [0.15, 0.2) is 54.9 Å². The van der Waals surface area contributed by atoms with Crippen LogP contribution in [0.4, 0.5) is 20.4 Å². The number of carbonyl (C=O) groups excluding carboxylic acids is 1. The Balaban J connectivity index is 1.30. The summed E-state index contributed by atoms with van der Waals surface area (Å²) in [5.41, 5.74) is 2.27. The maximum absolute atomic E-state index is 13.4. The molecule has 1 fully saturated rings. The van der Waals surface area contributed by atoms with Gasteiger partial charge < -0.3 is 10.2 Å². The van der Waals surface area contributed by atoms with Crippen LogP contribution in [0.3, 0.4) is 0 Å². The molecule has 0 aliphatic carbocycles. The van der Waals surface area contributed by atoms with Crippen LogP contribution in [0, 0.1) is 11.3 Å². The van der Waals surface area contributed by atoms with E-state index in [1.165, 1.54) is 6.20 Å². The van der Waals surface area contributed by atoms with Gasteiger partial charge in [0.05, 0.1) is 31.1 Å². The number of hydrogen-bond acceptors (Lipinski definition) is 5. The second-order valence-corrected chi connectivity index (χ2v) is 7.48. The van der Waals surface area contributed by atoms with E-state index in [4.69, 9.17) is 5.26 Å². The molecule has 3 heterocycles. The molecule has 0 saturated carbocycles. The maximum Gasteiger partial charge on any atom is 0.266 e. The highest BCUT2D eigenvalue weighted by atomic mass is 19.3. The highest BCUT2D eigenvalue weighted by Crippen LogP contribution is 2.29. The van der Waals surface area contributed by atoms with E-state index < -0.39 is 5.92 Å². The summed E-state index contributed by atoms with van der Waals surface area (Å²) in [6.45, 7) is 0.457. The molecule has 0 bridgehead atoms. The molecule has 0 unspecified atom stereocenters. The number of nitrogens with zero attached hydrogens (tertiary/aromatic N) is 5. The fraction of sp³-hybridized carbons (Fsp3) is 0.273. The van der Waals surface area contributed by atoms with Crippen molar-refractivity contribution in [1.29, 1.82) is 5.26 Å². The highest BCUT2D eigenvalue weighted by molar-refractivity contribution is 5.91. The molecule has 2 aromatic heterocycles. The van der Waals surface area contributed by atoms with Crippen LogP contribution in [-0.4, -0.2) is 39.7 Å². The fourth-order valence-corrected chi connectivity index (χ4v) is 3.40. The van der Waals surface area contributed by atoms with E-state index in [0.717, 1.165) is 5.56 Å². The van der Waals surface area contributed by atoms with Gasteiger partial charge in [0, 0.05) is 31.4 Å². The number of anilines is 2. The quantitative estimate of drug-likeness (QED) is 0.659. The van der Waals surface area contributed by atoms with E-state index in [0.29, 0.717) is 29.3 Å². The molecule has 1 amide bonds. The Kier molecular flexibility index (Phi) is 5.62. The van der Waals surface area contributed by atoms with Gasteiger partial charge in [-0.05, 0) is 29.3 Å². The lowest BCUT2D eigenvalue weighted by Crippen LogP contribution is -2.25. The zero-order chi connectivity index (χ0) is 21.8. The first kappa shape index (κ1) is 20.5. The molecular weight excluding hydrogens is 402 g/mol. The summed E-state index contributed by atoms with van der Waals surface area (Å²) < 4.78 is 28.4. The number of nitriles is 1. The Morgan fingerprint density at radius 1 is 1.16 bits per heavy atom. The number of hydrogen-bond donors (Lipinski definition) is 1. The largest absolute Gasteiger partial charge is 0.350 e. The normalized spacial score (nSPS) is 14.9. The summed E-state index contributed by atoms with van der Waals surface area (Å²) >= 11 is 0. The van der Waals surface area contributed by atoms with Crippen LogP contribution in [0.1, 0.15) is 23.1 Å². The second kappa shape index (κ2) is 8.52. The third kappa shape index (κ3) is 5.22. The van der Waals surface area contributed by atoms with Crippen LogP contribution in [0.25, 0.3) is 0 Å². The molecule has 0 radical (unpaired) electrons. The molecule has 1 saturated heterocycles. The lowest BCUT2D eigenvalue weighted by Gasteiger charge is -2.17. The molecule has 0 atom stereocenters. The zero-order valence-corrected chi connectivity index (χ0v) is 16.6. The van der Waals surface area contributed by atoms with Crippen molar-refractivity contribution in [3.05, 3.63) is 71.5 Å². The minimum atomic E-state index is -2.68. The van der Waals surface area contributed by atoms with E-state index in [9.17, 15) is 13.6 Å². The molecule has 158 valence electrons. The SMILES string of the molecule is N#Cc1ccc(Cn2ccc(NC(=O)Cc3ccc(N4CCC(F)(F)C4)nc3)n2)cc1. The van der Waals surface area contributed by atoms with E-state index in [1.54, 1.807) is 46.1 Å². The number of halogens is 2. The maximum atomic E-state index is 13.4. The summed E-state index contributed by atoms with van der Waals surface area (Å²) in [4.78, 5) is 18.1. The van der Waals surface area contributed by atoms with Gasteiger partial charge in [-0.25, -0.2) is 13.8 Å². The fourth-order valence-electron chi connectivity index (χ4n) is 3.40. The number of aromatic nitrogens is 3. The smallest absolute Gasteiger partial charge is 0.266 e. The number of alkyl halides is 2. The van der Waals surface area contributed by atoms with Gasteiger partial charge in [-0.2, -0.15) is 10.4 Å². The third-order valence-electron chi connectivity index (χ3n) is 5.00. The van der Waals surface area contributed by atoms with Gasteiger partial charge in [0.1, 0.15) is 5.82 Å². The summed E-state index contributed by atoms with van der Waals surface area (Å²) in [5, 5.41) is 15.9. The van der Waals surface area contributed by atoms with Gasteiger partial charge in [0.2, 0.25) is 5.91 Å². The number of benzene rings is 1. The van der Waals surface area contributed by atoms with Gasteiger partial charge in [0.25, 0.3) is 5.92 Å². The molecule has 1 aromatic carbocycles. The monoisotopic (exact) mass is 422 g/mol. The van der Waals surface area contributed by atoms with E-state index in [1.807, 2.05) is 12.1 Å². The Hall–Kier alpha value is -3.80. The second-order valence-electron chi connectivity index (χ2n) is 7.48. The van der Waals surface area contributed by atoms with Gasteiger partial charge in [-0.1, -0.05) is 18.2 Å². The summed E-state index contributed by atoms with van der Waals surface area (Å²) in [5.74, 6) is -2.00. The van der Waals surface area contributed by atoms with Crippen molar-refractivity contribution in [2.45, 2.75) is 25.3 Å². The molecule has 0 spiro atoms. The summed E-state index contributed by atoms with van der Waals surface area (Å²) in [7, 11) is 0. The van der Waals surface area contributed by atoms with Crippen molar-refractivity contribution in [3.63, 3.8) is 0 Å². The molecule has 4 rings (SSSR count). The average Bonchev–Trinajstić information content (AvgIpc) is 3.34. The van der Waals surface area contributed by atoms with Crippen molar-refractivity contribution >= 4 is 17.5 Å². The van der Waals surface area contributed by atoms with Crippen LogP contribution >= 0.6 is 0 Å². The molecule has 31 heavy (non-hydrogen) atoms. The first-order valence-electron chi connectivity index (χ1n) is 9.80. The number of carbonyl (C=O) groups is 1. The van der Waals surface area contributed by atoms with Crippen molar-refractivity contribution in [3.8, 4) is 6.07 Å². The van der Waals surface area contributed by atoms with Gasteiger partial charge in [0.15, 0.2) is 5.82 Å². The number of pyridine rings is 1. The lowest BCUT2D eigenvalue weighted by molar-refractivity contribution is -0.115. The Morgan fingerprint density at radius 3 is 2.58 bits per heavy atom. The first-order valence-corrected chi connectivity index (χ1v) is 9.80. The van der Waals surface area contributed by atoms with Crippen molar-refractivity contribution in [2.75, 3.05) is 23.3 Å². The summed E-state index contributed by atoms with van der Waals surface area (Å²) in [6, 6.07) is 14.4. The van der Waals surface area contributed by atoms with Crippen molar-refractivity contribution in [2.24, 2.45) is 0 Å². The topological polar surface area (TPSA) is 86.8 Å².